The molecule has 1 saturated carbocycles. The van der Waals surface area contributed by atoms with Gasteiger partial charge >= 0.3 is 0 Å². The van der Waals surface area contributed by atoms with Gasteiger partial charge in [-0.3, -0.25) is 0 Å². The Morgan fingerprint density at radius 3 is 2.85 bits per heavy atom. The summed E-state index contributed by atoms with van der Waals surface area (Å²) in [6.45, 7) is 0. The fraction of sp³-hybridized carbons (Fsp3) is 0.333. The van der Waals surface area contributed by atoms with E-state index in [1.165, 1.54) is 23.7 Å². The Morgan fingerprint density at radius 1 is 1.23 bits per heavy atom. The van der Waals surface area contributed by atoms with Crippen LogP contribution in [0.2, 0.25) is 0 Å². The summed E-state index contributed by atoms with van der Waals surface area (Å²) in [7, 11) is 2.11. The van der Waals surface area contributed by atoms with E-state index >= 15 is 0 Å². The second-order valence-corrected chi connectivity index (χ2v) is 3.98. The summed E-state index contributed by atoms with van der Waals surface area (Å²) in [5, 5.41) is 1.45. The lowest BCUT2D eigenvalue weighted by atomic mass is 10.1. The number of nitrogens with zero attached hydrogens (tertiary/aromatic N) is 1. The molecule has 1 aliphatic carbocycles. The Kier molecular flexibility index (Phi) is 1.32. The van der Waals surface area contributed by atoms with E-state index in [0.29, 0.717) is 0 Å². The van der Waals surface area contributed by atoms with Crippen LogP contribution in [0.5, 0.6) is 0 Å². The normalized spacial score (nSPS) is 16.7. The minimum Gasteiger partial charge on any atom is -0.351 e. The van der Waals surface area contributed by atoms with Crippen LogP contribution in [0.25, 0.3) is 10.9 Å². The zero-order valence-corrected chi connectivity index (χ0v) is 7.83. The summed E-state index contributed by atoms with van der Waals surface area (Å²) in [4.78, 5) is 0. The van der Waals surface area contributed by atoms with Crippen LogP contribution in [0, 0.1) is 0 Å². The first-order valence-electron chi connectivity index (χ1n) is 4.90. The van der Waals surface area contributed by atoms with Gasteiger partial charge in [0.1, 0.15) is 0 Å². The number of aryl methyl sites for hydroxylation is 1. The van der Waals surface area contributed by atoms with E-state index in [0.717, 1.165) is 5.92 Å². The van der Waals surface area contributed by atoms with Crippen molar-refractivity contribution in [2.45, 2.75) is 18.8 Å². The number of aromatic nitrogens is 1. The molecule has 1 aromatic heterocycles. The third-order valence-corrected chi connectivity index (χ3v) is 2.98. The molecule has 66 valence electrons. The SMILES string of the molecule is Cn1ccc2c(C3CC3)cccc21. The molecule has 0 N–H and O–H groups in total. The minimum atomic E-state index is 0.853. The first kappa shape index (κ1) is 7.19. The lowest BCUT2D eigenvalue weighted by Crippen LogP contribution is -1.85. The molecule has 1 aromatic carbocycles. The van der Waals surface area contributed by atoms with Crippen LogP contribution in [-0.4, -0.2) is 4.57 Å². The summed E-state index contributed by atoms with van der Waals surface area (Å²) >= 11 is 0. The van der Waals surface area contributed by atoms with Gasteiger partial charge in [-0.2, -0.15) is 0 Å². The van der Waals surface area contributed by atoms with E-state index in [2.05, 4.69) is 42.1 Å². The van der Waals surface area contributed by atoms with Crippen molar-refractivity contribution in [1.82, 2.24) is 4.57 Å². The highest BCUT2D eigenvalue weighted by Gasteiger charge is 2.25. The number of benzene rings is 1. The maximum Gasteiger partial charge on any atom is 0.0480 e. The summed E-state index contributed by atoms with van der Waals surface area (Å²) in [6.07, 6.45) is 4.92. The molecule has 1 heteroatoms. The van der Waals surface area contributed by atoms with Crippen molar-refractivity contribution in [2.75, 3.05) is 0 Å². The maximum absolute atomic E-state index is 2.28. The van der Waals surface area contributed by atoms with E-state index in [9.17, 15) is 0 Å². The van der Waals surface area contributed by atoms with Crippen LogP contribution in [0.1, 0.15) is 24.3 Å². The minimum absolute atomic E-state index is 0.853. The van der Waals surface area contributed by atoms with Gasteiger partial charge in [0.05, 0.1) is 0 Å². The molecule has 2 aromatic rings. The number of hydrogen-bond acceptors (Lipinski definition) is 0. The second-order valence-electron chi connectivity index (χ2n) is 3.98. The van der Waals surface area contributed by atoms with Crippen molar-refractivity contribution in [3.05, 3.63) is 36.0 Å². The predicted octanol–water partition coefficient (Wildman–Crippen LogP) is 3.06. The third-order valence-electron chi connectivity index (χ3n) is 2.98. The van der Waals surface area contributed by atoms with Crippen LogP contribution in [0.3, 0.4) is 0 Å². The Labute approximate surface area is 78.0 Å². The zero-order chi connectivity index (χ0) is 8.84. The number of hydrogen-bond donors (Lipinski definition) is 0. The number of fused-ring (bicyclic) bond motifs is 1. The van der Waals surface area contributed by atoms with Gasteiger partial charge in [0.15, 0.2) is 0 Å². The highest BCUT2D eigenvalue weighted by atomic mass is 14.9. The Hall–Kier alpha value is -1.24. The summed E-state index contributed by atoms with van der Waals surface area (Å²) in [6, 6.07) is 8.89. The van der Waals surface area contributed by atoms with Crippen molar-refractivity contribution < 1.29 is 0 Å². The highest BCUT2D eigenvalue weighted by Crippen LogP contribution is 2.43. The van der Waals surface area contributed by atoms with E-state index in [-0.39, 0.29) is 0 Å². The molecule has 3 rings (SSSR count). The van der Waals surface area contributed by atoms with Gasteiger partial charge in [-0.1, -0.05) is 12.1 Å². The second kappa shape index (κ2) is 2.38. The topological polar surface area (TPSA) is 4.93 Å². The molecule has 0 radical (unpaired) electrons. The molecule has 0 saturated heterocycles. The molecule has 1 aliphatic rings. The van der Waals surface area contributed by atoms with Crippen molar-refractivity contribution in [3.63, 3.8) is 0 Å². The molecule has 1 nitrogen and oxygen atoms in total. The van der Waals surface area contributed by atoms with Crippen molar-refractivity contribution in [1.29, 1.82) is 0 Å². The monoisotopic (exact) mass is 171 g/mol. The molecule has 0 unspecified atom stereocenters. The zero-order valence-electron chi connectivity index (χ0n) is 7.83. The largest absolute Gasteiger partial charge is 0.351 e. The predicted molar refractivity (Wildman–Crippen MR) is 54.9 cm³/mol. The van der Waals surface area contributed by atoms with Gasteiger partial charge in [-0.15, -0.1) is 0 Å². The molecule has 13 heavy (non-hydrogen) atoms. The van der Waals surface area contributed by atoms with E-state index in [1.807, 2.05) is 0 Å². The molecule has 1 fully saturated rings. The highest BCUT2D eigenvalue weighted by molar-refractivity contribution is 5.84. The maximum atomic E-state index is 2.28. The van der Waals surface area contributed by atoms with Gasteiger partial charge in [-0.25, -0.2) is 0 Å². The molecule has 0 aliphatic heterocycles. The summed E-state index contributed by atoms with van der Waals surface area (Å²) in [5.74, 6) is 0.853. The first-order chi connectivity index (χ1) is 6.36. The Balaban J connectivity index is 2.33. The number of rotatable bonds is 1. The van der Waals surface area contributed by atoms with Crippen LogP contribution in [0.4, 0.5) is 0 Å². The first-order valence-corrected chi connectivity index (χ1v) is 4.90. The van der Waals surface area contributed by atoms with Gasteiger partial charge < -0.3 is 4.57 Å². The van der Waals surface area contributed by atoms with Gasteiger partial charge in [0.2, 0.25) is 0 Å². The lowest BCUT2D eigenvalue weighted by molar-refractivity contribution is 0.968. The fourth-order valence-electron chi connectivity index (χ4n) is 2.08. The molecule has 1 heterocycles. The van der Waals surface area contributed by atoms with Crippen LogP contribution in [-0.2, 0) is 7.05 Å². The van der Waals surface area contributed by atoms with Gasteiger partial charge in [0.25, 0.3) is 0 Å². The Morgan fingerprint density at radius 2 is 2.08 bits per heavy atom. The molecular weight excluding hydrogens is 158 g/mol. The lowest BCUT2D eigenvalue weighted by Gasteiger charge is -2.01. The van der Waals surface area contributed by atoms with Gasteiger partial charge in [-0.05, 0) is 36.5 Å². The smallest absolute Gasteiger partial charge is 0.0480 e. The van der Waals surface area contributed by atoms with Crippen molar-refractivity contribution in [3.8, 4) is 0 Å². The average Bonchev–Trinajstić information content (AvgIpc) is 2.92. The molecular formula is C12H13N. The summed E-state index contributed by atoms with van der Waals surface area (Å²) in [5.41, 5.74) is 2.92. The standard InChI is InChI=1S/C12H13N/c1-13-8-7-11-10(9-5-6-9)3-2-4-12(11)13/h2-4,7-9H,5-6H2,1H3. The Bertz CT molecular complexity index is 449. The van der Waals surface area contributed by atoms with Crippen LogP contribution < -0.4 is 0 Å². The van der Waals surface area contributed by atoms with E-state index in [4.69, 9.17) is 0 Å². The molecule has 0 atom stereocenters. The van der Waals surface area contributed by atoms with Crippen molar-refractivity contribution in [2.24, 2.45) is 7.05 Å². The van der Waals surface area contributed by atoms with Gasteiger partial charge in [0, 0.05) is 24.1 Å². The van der Waals surface area contributed by atoms with E-state index in [1.54, 1.807) is 5.56 Å². The van der Waals surface area contributed by atoms with Crippen LogP contribution >= 0.6 is 0 Å². The van der Waals surface area contributed by atoms with Crippen molar-refractivity contribution >= 4 is 10.9 Å². The fourth-order valence-corrected chi connectivity index (χ4v) is 2.08. The average molecular weight is 171 g/mol. The van der Waals surface area contributed by atoms with Crippen LogP contribution in [0.15, 0.2) is 30.5 Å². The third kappa shape index (κ3) is 0.998. The quantitative estimate of drug-likeness (QED) is 0.621. The van der Waals surface area contributed by atoms with E-state index < -0.39 is 0 Å². The summed E-state index contributed by atoms with van der Waals surface area (Å²) < 4.78 is 2.20. The molecule has 0 spiro atoms. The molecule has 0 bridgehead atoms. The molecule has 0 amide bonds.